The standard InChI is InChI=1S/C22H30N2O2/c1-3-13-24-14-17(20-18(24)5-4-6-19(20)26-2)21(25)23-15-22-10-7-16(8-11-22)9-12-22/h4-6,14,16H,3,7-13,15H2,1-2H3,(H,23,25). The van der Waals surface area contributed by atoms with Crippen molar-refractivity contribution in [2.45, 2.75) is 58.4 Å². The fourth-order valence-corrected chi connectivity index (χ4v) is 5.05. The van der Waals surface area contributed by atoms with Crippen molar-refractivity contribution in [3.63, 3.8) is 0 Å². The maximum atomic E-state index is 13.1. The van der Waals surface area contributed by atoms with Gasteiger partial charge < -0.3 is 14.6 Å². The average Bonchev–Trinajstić information content (AvgIpc) is 3.07. The number of carbonyl (C=O) groups is 1. The topological polar surface area (TPSA) is 43.3 Å². The molecule has 0 aliphatic heterocycles. The molecule has 0 spiro atoms. The Bertz CT molecular complexity index is 786. The van der Waals surface area contributed by atoms with E-state index >= 15 is 0 Å². The molecule has 0 atom stereocenters. The van der Waals surface area contributed by atoms with Crippen molar-refractivity contribution in [1.29, 1.82) is 0 Å². The lowest BCUT2D eigenvalue weighted by molar-refractivity contribution is 0.0598. The Morgan fingerprint density at radius 1 is 1.27 bits per heavy atom. The van der Waals surface area contributed by atoms with Gasteiger partial charge in [0.2, 0.25) is 0 Å². The Kier molecular flexibility index (Phi) is 4.68. The lowest BCUT2D eigenvalue weighted by atomic mass is 9.61. The molecule has 4 heteroatoms. The molecule has 0 saturated heterocycles. The van der Waals surface area contributed by atoms with E-state index in [4.69, 9.17) is 4.74 Å². The van der Waals surface area contributed by atoms with Crippen LogP contribution in [0.1, 0.15) is 62.2 Å². The van der Waals surface area contributed by atoms with Gasteiger partial charge in [0.1, 0.15) is 5.75 Å². The number of ether oxygens (including phenoxy) is 1. The third-order valence-corrected chi connectivity index (χ3v) is 6.67. The number of aromatic nitrogens is 1. The fourth-order valence-electron chi connectivity index (χ4n) is 5.05. The normalized spacial score (nSPS) is 24.8. The van der Waals surface area contributed by atoms with Gasteiger partial charge in [-0.1, -0.05) is 13.0 Å². The van der Waals surface area contributed by atoms with Crippen LogP contribution in [0.5, 0.6) is 5.75 Å². The third kappa shape index (κ3) is 3.00. The molecule has 1 heterocycles. The molecule has 3 saturated carbocycles. The van der Waals surface area contributed by atoms with Crippen LogP contribution in [0.3, 0.4) is 0 Å². The van der Waals surface area contributed by atoms with Gasteiger partial charge in [-0.2, -0.15) is 0 Å². The number of nitrogens with one attached hydrogen (secondary N) is 1. The summed E-state index contributed by atoms with van der Waals surface area (Å²) in [6, 6.07) is 6.01. The third-order valence-electron chi connectivity index (χ3n) is 6.67. The van der Waals surface area contributed by atoms with Crippen LogP contribution in [0.15, 0.2) is 24.4 Å². The van der Waals surface area contributed by atoms with Crippen LogP contribution in [-0.4, -0.2) is 24.1 Å². The van der Waals surface area contributed by atoms with E-state index in [1.54, 1.807) is 7.11 Å². The first-order valence-corrected chi connectivity index (χ1v) is 10.1. The Hall–Kier alpha value is -1.97. The number of aryl methyl sites for hydroxylation is 1. The second-order valence-electron chi connectivity index (χ2n) is 8.26. The Labute approximate surface area is 155 Å². The fraction of sp³-hybridized carbons (Fsp3) is 0.591. The highest BCUT2D eigenvalue weighted by Crippen LogP contribution is 2.49. The summed E-state index contributed by atoms with van der Waals surface area (Å²) in [6.45, 7) is 3.88. The zero-order chi connectivity index (χ0) is 18.1. The molecule has 1 aromatic carbocycles. The summed E-state index contributed by atoms with van der Waals surface area (Å²) in [5.74, 6) is 1.76. The zero-order valence-corrected chi connectivity index (χ0v) is 16.0. The lowest BCUT2D eigenvalue weighted by Crippen LogP contribution is -2.43. The molecule has 5 rings (SSSR count). The Balaban J connectivity index is 1.60. The first-order chi connectivity index (χ1) is 12.7. The number of carbonyl (C=O) groups excluding carboxylic acids is 1. The van der Waals surface area contributed by atoms with Crippen molar-refractivity contribution in [3.05, 3.63) is 30.0 Å². The molecule has 2 bridgehead atoms. The number of nitrogens with zero attached hydrogens (tertiary/aromatic N) is 1. The molecule has 26 heavy (non-hydrogen) atoms. The first kappa shape index (κ1) is 17.4. The smallest absolute Gasteiger partial charge is 0.253 e. The molecule has 3 fully saturated rings. The quantitative estimate of drug-likeness (QED) is 0.813. The molecule has 140 valence electrons. The molecular formula is C22H30N2O2. The number of hydrogen-bond donors (Lipinski definition) is 1. The van der Waals surface area contributed by atoms with Crippen LogP contribution in [0.2, 0.25) is 0 Å². The zero-order valence-electron chi connectivity index (χ0n) is 16.0. The maximum absolute atomic E-state index is 13.1. The van der Waals surface area contributed by atoms with E-state index in [9.17, 15) is 4.79 Å². The van der Waals surface area contributed by atoms with Gasteiger partial charge in [0.25, 0.3) is 5.91 Å². The molecule has 3 aliphatic rings. The summed E-state index contributed by atoms with van der Waals surface area (Å²) in [5, 5.41) is 4.21. The van der Waals surface area contributed by atoms with E-state index in [0.717, 1.165) is 47.6 Å². The van der Waals surface area contributed by atoms with Gasteiger partial charge in [-0.15, -0.1) is 0 Å². The maximum Gasteiger partial charge on any atom is 0.253 e. The largest absolute Gasteiger partial charge is 0.496 e. The van der Waals surface area contributed by atoms with Gasteiger partial charge in [0, 0.05) is 19.3 Å². The van der Waals surface area contributed by atoms with Gasteiger partial charge in [0.15, 0.2) is 0 Å². The lowest BCUT2D eigenvalue weighted by Gasteiger charge is -2.46. The van der Waals surface area contributed by atoms with Crippen LogP contribution in [0, 0.1) is 11.3 Å². The minimum absolute atomic E-state index is 0.0384. The number of hydrogen-bond acceptors (Lipinski definition) is 2. The molecule has 0 unspecified atom stereocenters. The second-order valence-corrected chi connectivity index (χ2v) is 8.26. The minimum Gasteiger partial charge on any atom is -0.496 e. The van der Waals surface area contributed by atoms with E-state index < -0.39 is 0 Å². The van der Waals surface area contributed by atoms with Crippen molar-refractivity contribution >= 4 is 16.8 Å². The highest BCUT2D eigenvalue weighted by atomic mass is 16.5. The van der Waals surface area contributed by atoms with Gasteiger partial charge >= 0.3 is 0 Å². The number of amides is 1. The molecular weight excluding hydrogens is 324 g/mol. The summed E-state index contributed by atoms with van der Waals surface area (Å²) >= 11 is 0. The molecule has 4 nitrogen and oxygen atoms in total. The highest BCUT2D eigenvalue weighted by molar-refractivity contribution is 6.09. The van der Waals surface area contributed by atoms with Crippen molar-refractivity contribution in [3.8, 4) is 5.75 Å². The molecule has 1 aromatic heterocycles. The van der Waals surface area contributed by atoms with Crippen LogP contribution >= 0.6 is 0 Å². The van der Waals surface area contributed by atoms with E-state index in [1.165, 1.54) is 38.5 Å². The molecule has 1 amide bonds. The molecule has 3 aliphatic carbocycles. The Morgan fingerprint density at radius 2 is 2.00 bits per heavy atom. The predicted octanol–water partition coefficient (Wildman–Crippen LogP) is 4.76. The monoisotopic (exact) mass is 354 g/mol. The number of rotatable bonds is 6. The van der Waals surface area contributed by atoms with Crippen molar-refractivity contribution in [2.75, 3.05) is 13.7 Å². The van der Waals surface area contributed by atoms with Gasteiger partial charge in [0.05, 0.1) is 23.6 Å². The SMILES string of the molecule is CCCn1cc(C(=O)NCC23CCC(CC2)CC3)c2c(OC)cccc21. The molecule has 0 radical (unpaired) electrons. The second kappa shape index (κ2) is 6.98. The first-order valence-electron chi connectivity index (χ1n) is 10.1. The molecule has 1 N–H and O–H groups in total. The Morgan fingerprint density at radius 3 is 2.65 bits per heavy atom. The van der Waals surface area contributed by atoms with Crippen molar-refractivity contribution < 1.29 is 9.53 Å². The summed E-state index contributed by atoms with van der Waals surface area (Å²) < 4.78 is 7.74. The average molecular weight is 354 g/mol. The summed E-state index contributed by atoms with van der Waals surface area (Å²) in [6.07, 6.45) is 10.9. The number of benzene rings is 1. The van der Waals surface area contributed by atoms with Gasteiger partial charge in [-0.25, -0.2) is 0 Å². The van der Waals surface area contributed by atoms with Crippen LogP contribution in [0.25, 0.3) is 10.9 Å². The summed E-state index contributed by atoms with van der Waals surface area (Å²) in [7, 11) is 1.67. The highest BCUT2D eigenvalue weighted by Gasteiger charge is 2.40. The molecule has 2 aromatic rings. The van der Waals surface area contributed by atoms with Crippen LogP contribution < -0.4 is 10.1 Å². The predicted molar refractivity (Wildman–Crippen MR) is 105 cm³/mol. The summed E-state index contributed by atoms with van der Waals surface area (Å²) in [4.78, 5) is 13.1. The number of methoxy groups -OCH3 is 1. The van der Waals surface area contributed by atoms with E-state index in [1.807, 2.05) is 18.3 Å². The van der Waals surface area contributed by atoms with Crippen molar-refractivity contribution in [1.82, 2.24) is 9.88 Å². The van der Waals surface area contributed by atoms with Gasteiger partial charge in [-0.05, 0) is 68.4 Å². The minimum atomic E-state index is 0.0384. The van der Waals surface area contributed by atoms with Crippen molar-refractivity contribution in [2.24, 2.45) is 11.3 Å². The number of fused-ring (bicyclic) bond motifs is 4. The van der Waals surface area contributed by atoms with Gasteiger partial charge in [-0.3, -0.25) is 4.79 Å². The van der Waals surface area contributed by atoms with Crippen LogP contribution in [-0.2, 0) is 6.54 Å². The summed E-state index contributed by atoms with van der Waals surface area (Å²) in [5.41, 5.74) is 2.16. The van der Waals surface area contributed by atoms with E-state index in [0.29, 0.717) is 5.41 Å². The van der Waals surface area contributed by atoms with E-state index in [2.05, 4.69) is 22.9 Å². The van der Waals surface area contributed by atoms with Crippen LogP contribution in [0.4, 0.5) is 0 Å². The van der Waals surface area contributed by atoms with E-state index in [-0.39, 0.29) is 5.91 Å².